The van der Waals surface area contributed by atoms with E-state index >= 15 is 0 Å². The first-order valence-electron chi connectivity index (χ1n) is 11.3. The molecule has 164 valence electrons. The van der Waals surface area contributed by atoms with E-state index in [9.17, 15) is 9.59 Å². The number of nitrogens with zero attached hydrogens (tertiary/aromatic N) is 2. The number of aromatic nitrogens is 1. The van der Waals surface area contributed by atoms with Crippen molar-refractivity contribution in [3.05, 3.63) is 71.4 Å². The van der Waals surface area contributed by atoms with E-state index in [-0.39, 0.29) is 17.7 Å². The van der Waals surface area contributed by atoms with Crippen molar-refractivity contribution in [2.24, 2.45) is 23.5 Å². The molecule has 0 radical (unpaired) electrons. The summed E-state index contributed by atoms with van der Waals surface area (Å²) in [6, 6.07) is 12.5. The molecule has 5 rings (SSSR count). The summed E-state index contributed by atoms with van der Waals surface area (Å²) >= 11 is 0. The second-order valence-corrected chi connectivity index (χ2v) is 9.01. The minimum Gasteiger partial charge on any atom is -0.338 e. The Morgan fingerprint density at radius 3 is 2.84 bits per heavy atom. The molecule has 0 bridgehead atoms. The fraction of sp³-hybridized carbons (Fsp3) is 0.346. The summed E-state index contributed by atoms with van der Waals surface area (Å²) in [5.74, 6) is 1.47. The van der Waals surface area contributed by atoms with Crippen LogP contribution in [0.3, 0.4) is 0 Å². The average Bonchev–Trinajstić information content (AvgIpc) is 3.38. The second kappa shape index (κ2) is 8.71. The van der Waals surface area contributed by atoms with Crippen molar-refractivity contribution in [2.75, 3.05) is 25.0 Å². The van der Waals surface area contributed by atoms with Crippen molar-refractivity contribution in [3.8, 4) is 0 Å². The van der Waals surface area contributed by atoms with Crippen LogP contribution in [0.5, 0.6) is 0 Å². The zero-order chi connectivity index (χ0) is 22.1. The van der Waals surface area contributed by atoms with Crippen LogP contribution in [0.25, 0.3) is 11.6 Å². The fourth-order valence-electron chi connectivity index (χ4n) is 5.13. The quantitative estimate of drug-likeness (QED) is 0.717. The molecule has 3 unspecified atom stereocenters. The highest BCUT2D eigenvalue weighted by Crippen LogP contribution is 2.41. The Bertz CT molecular complexity index is 1090. The number of amides is 2. The van der Waals surface area contributed by atoms with E-state index in [1.54, 1.807) is 12.3 Å². The van der Waals surface area contributed by atoms with Gasteiger partial charge in [-0.25, -0.2) is 4.98 Å². The molecule has 3 aliphatic rings. The lowest BCUT2D eigenvalue weighted by molar-refractivity contribution is -0.125. The molecule has 3 heterocycles. The van der Waals surface area contributed by atoms with Crippen molar-refractivity contribution in [1.82, 2.24) is 9.88 Å². The van der Waals surface area contributed by atoms with Gasteiger partial charge in [0, 0.05) is 31.3 Å². The van der Waals surface area contributed by atoms with Crippen molar-refractivity contribution >= 4 is 29.3 Å². The van der Waals surface area contributed by atoms with Crippen molar-refractivity contribution in [3.63, 3.8) is 0 Å². The number of carbonyl (C=O) groups is 2. The predicted molar refractivity (Wildman–Crippen MR) is 125 cm³/mol. The first-order valence-corrected chi connectivity index (χ1v) is 11.3. The molecule has 3 N–H and O–H groups in total. The van der Waals surface area contributed by atoms with Gasteiger partial charge in [0.05, 0.1) is 0 Å². The summed E-state index contributed by atoms with van der Waals surface area (Å²) in [5.41, 5.74) is 10.2. The number of hydrogen-bond donors (Lipinski definition) is 2. The highest BCUT2D eigenvalue weighted by Gasteiger charge is 2.37. The van der Waals surface area contributed by atoms with E-state index in [0.29, 0.717) is 37.0 Å². The van der Waals surface area contributed by atoms with E-state index in [2.05, 4.69) is 40.6 Å². The summed E-state index contributed by atoms with van der Waals surface area (Å²) in [4.78, 5) is 31.2. The molecule has 2 aromatic rings. The van der Waals surface area contributed by atoms with Crippen LogP contribution in [-0.2, 0) is 16.0 Å². The van der Waals surface area contributed by atoms with Gasteiger partial charge < -0.3 is 16.0 Å². The van der Waals surface area contributed by atoms with Crippen molar-refractivity contribution < 1.29 is 9.59 Å². The van der Waals surface area contributed by atoms with Gasteiger partial charge in [-0.2, -0.15) is 0 Å². The highest BCUT2D eigenvalue weighted by atomic mass is 16.2. The van der Waals surface area contributed by atoms with Crippen LogP contribution in [0.1, 0.15) is 29.5 Å². The minimum atomic E-state index is -0.118. The number of likely N-dealkylation sites (tertiary alicyclic amines) is 1. The molecule has 2 amide bonds. The molecule has 1 saturated heterocycles. The highest BCUT2D eigenvalue weighted by molar-refractivity contribution is 5.95. The molecule has 0 saturated carbocycles. The first-order chi connectivity index (χ1) is 15.6. The van der Waals surface area contributed by atoms with Crippen molar-refractivity contribution in [1.29, 1.82) is 0 Å². The van der Waals surface area contributed by atoms with Gasteiger partial charge in [0.1, 0.15) is 5.82 Å². The van der Waals surface area contributed by atoms with E-state index in [4.69, 9.17) is 5.73 Å². The van der Waals surface area contributed by atoms with Crippen molar-refractivity contribution in [2.45, 2.75) is 19.3 Å². The number of hydrogen-bond acceptors (Lipinski definition) is 4. The zero-order valence-corrected chi connectivity index (χ0v) is 18.0. The lowest BCUT2D eigenvalue weighted by Crippen LogP contribution is -2.32. The molecular formula is C26H28N4O2. The molecule has 1 aromatic heterocycles. The largest absolute Gasteiger partial charge is 0.338 e. The fourth-order valence-corrected chi connectivity index (χ4v) is 5.13. The maximum atomic E-state index is 12.8. The van der Waals surface area contributed by atoms with E-state index in [1.807, 2.05) is 23.1 Å². The van der Waals surface area contributed by atoms with Gasteiger partial charge >= 0.3 is 0 Å². The van der Waals surface area contributed by atoms with Gasteiger partial charge in [-0.3, -0.25) is 9.59 Å². The Labute approximate surface area is 188 Å². The number of fused-ring (bicyclic) bond motifs is 2. The number of nitrogens with two attached hydrogens (primary N) is 1. The Morgan fingerprint density at radius 1 is 1.22 bits per heavy atom. The van der Waals surface area contributed by atoms with Crippen LogP contribution < -0.4 is 11.1 Å². The lowest BCUT2D eigenvalue weighted by atomic mass is 9.92. The Morgan fingerprint density at radius 2 is 2.06 bits per heavy atom. The Kier molecular flexibility index (Phi) is 5.62. The summed E-state index contributed by atoms with van der Waals surface area (Å²) < 4.78 is 0. The predicted octanol–water partition coefficient (Wildman–Crippen LogP) is 3.12. The third kappa shape index (κ3) is 4.10. The van der Waals surface area contributed by atoms with Crippen LogP contribution >= 0.6 is 0 Å². The first kappa shape index (κ1) is 20.6. The number of nitrogens with one attached hydrogen (secondary N) is 1. The third-order valence-corrected chi connectivity index (χ3v) is 6.85. The average molecular weight is 429 g/mol. The molecule has 1 aromatic carbocycles. The maximum Gasteiger partial charge on any atom is 0.246 e. The van der Waals surface area contributed by atoms with Gasteiger partial charge in [-0.15, -0.1) is 0 Å². The molecular weight excluding hydrogens is 400 g/mol. The zero-order valence-electron chi connectivity index (χ0n) is 18.0. The molecule has 1 fully saturated rings. The van der Waals surface area contributed by atoms with Gasteiger partial charge in [-0.1, -0.05) is 36.4 Å². The summed E-state index contributed by atoms with van der Waals surface area (Å²) in [6.45, 7) is 2.06. The number of rotatable bonds is 5. The molecule has 3 atom stereocenters. The van der Waals surface area contributed by atoms with Crippen LogP contribution in [0.4, 0.5) is 5.82 Å². The lowest BCUT2D eigenvalue weighted by Gasteiger charge is -2.23. The number of anilines is 1. The van der Waals surface area contributed by atoms with Gasteiger partial charge in [-0.05, 0) is 72.0 Å². The van der Waals surface area contributed by atoms with Crippen LogP contribution in [0.2, 0.25) is 0 Å². The monoisotopic (exact) mass is 428 g/mol. The maximum absolute atomic E-state index is 12.8. The topological polar surface area (TPSA) is 88.3 Å². The van der Waals surface area contributed by atoms with E-state index in [1.165, 1.54) is 11.1 Å². The summed E-state index contributed by atoms with van der Waals surface area (Å²) in [6.07, 6.45) is 9.84. The van der Waals surface area contributed by atoms with E-state index < -0.39 is 0 Å². The smallest absolute Gasteiger partial charge is 0.246 e. The number of carbonyl (C=O) groups excluding carboxylic acids is 2. The molecule has 6 nitrogen and oxygen atoms in total. The van der Waals surface area contributed by atoms with E-state index in [0.717, 1.165) is 30.6 Å². The summed E-state index contributed by atoms with van der Waals surface area (Å²) in [5, 5.41) is 2.86. The molecule has 2 aliphatic heterocycles. The number of pyridine rings is 1. The Balaban J connectivity index is 1.22. The SMILES string of the molecule is NCCC1Cc2cc(/C=C/C(=O)N3CC4C=C(c5ccccc5)CC4C3)cnc2NC1=O. The van der Waals surface area contributed by atoms with Crippen LogP contribution in [0.15, 0.2) is 54.7 Å². The van der Waals surface area contributed by atoms with Gasteiger partial charge in [0.25, 0.3) is 0 Å². The summed E-state index contributed by atoms with van der Waals surface area (Å²) in [7, 11) is 0. The van der Waals surface area contributed by atoms with Gasteiger partial charge in [0.2, 0.25) is 11.8 Å². The third-order valence-electron chi connectivity index (χ3n) is 6.85. The van der Waals surface area contributed by atoms with Crippen LogP contribution in [-0.4, -0.2) is 41.3 Å². The van der Waals surface area contributed by atoms with Gasteiger partial charge in [0.15, 0.2) is 0 Å². The Hall–Kier alpha value is -3.25. The minimum absolute atomic E-state index is 0.0158. The molecule has 0 spiro atoms. The number of benzene rings is 1. The molecule has 32 heavy (non-hydrogen) atoms. The molecule has 1 aliphatic carbocycles. The standard InChI is InChI=1S/C26H28N4O2/c27-9-8-19-11-21-10-17(14-28-25(21)29-26(19)32)6-7-24(31)30-15-22-12-20(13-23(22)16-30)18-4-2-1-3-5-18/h1-7,10,12,14,19,22-23H,8-9,11,13,15-16,27H2,(H,28,29,32)/b7-6+. The van der Waals surface area contributed by atoms with Crippen LogP contribution in [0, 0.1) is 17.8 Å². The molecule has 6 heteroatoms. The second-order valence-electron chi connectivity index (χ2n) is 9.01. The number of allylic oxidation sites excluding steroid dienone is 1. The normalized spacial score (nSPS) is 24.3.